The molecule has 1 saturated heterocycles. The van der Waals surface area contributed by atoms with Crippen molar-refractivity contribution >= 4 is 5.91 Å². The monoisotopic (exact) mass is 196 g/mol. The van der Waals surface area contributed by atoms with Gasteiger partial charge in [0.25, 0.3) is 0 Å². The molecule has 2 rings (SSSR count). The van der Waals surface area contributed by atoms with E-state index >= 15 is 0 Å². The van der Waals surface area contributed by atoms with Crippen LogP contribution in [-0.4, -0.2) is 29.9 Å². The Kier molecular flexibility index (Phi) is 2.52. The van der Waals surface area contributed by atoms with Crippen LogP contribution in [0.15, 0.2) is 0 Å². The molecule has 0 aromatic rings. The third-order valence-electron chi connectivity index (χ3n) is 3.43. The first-order valence-electron chi connectivity index (χ1n) is 5.62. The van der Waals surface area contributed by atoms with Gasteiger partial charge in [0.2, 0.25) is 5.91 Å². The van der Waals surface area contributed by atoms with E-state index in [9.17, 15) is 4.79 Å². The van der Waals surface area contributed by atoms with Gasteiger partial charge < -0.3 is 10.6 Å². The minimum atomic E-state index is 0.191. The Hall–Kier alpha value is -0.570. The topological polar surface area (TPSA) is 46.3 Å². The molecule has 2 fully saturated rings. The van der Waals surface area contributed by atoms with E-state index in [2.05, 4.69) is 13.8 Å². The molecule has 80 valence electrons. The molecule has 3 nitrogen and oxygen atoms in total. The van der Waals surface area contributed by atoms with Crippen molar-refractivity contribution in [1.29, 1.82) is 0 Å². The lowest BCUT2D eigenvalue weighted by Gasteiger charge is -2.35. The molecular formula is C11H20N2O. The summed E-state index contributed by atoms with van der Waals surface area (Å²) in [4.78, 5) is 13.9. The molecule has 4 atom stereocenters. The summed E-state index contributed by atoms with van der Waals surface area (Å²) in [7, 11) is 0. The highest BCUT2D eigenvalue weighted by Gasteiger charge is 2.42. The lowest BCUT2D eigenvalue weighted by Crippen LogP contribution is -2.49. The van der Waals surface area contributed by atoms with Crippen LogP contribution in [0.5, 0.6) is 0 Å². The van der Waals surface area contributed by atoms with Gasteiger partial charge in [-0.15, -0.1) is 0 Å². The molecular weight excluding hydrogens is 176 g/mol. The van der Waals surface area contributed by atoms with Gasteiger partial charge in [0.05, 0.1) is 0 Å². The van der Waals surface area contributed by atoms with Crippen molar-refractivity contribution in [3.63, 3.8) is 0 Å². The molecule has 0 bridgehead atoms. The van der Waals surface area contributed by atoms with E-state index in [-0.39, 0.29) is 6.04 Å². The van der Waals surface area contributed by atoms with Crippen LogP contribution in [0.4, 0.5) is 0 Å². The molecule has 3 heteroatoms. The van der Waals surface area contributed by atoms with Crippen LogP contribution in [0.3, 0.4) is 0 Å². The number of amides is 1. The fourth-order valence-corrected chi connectivity index (χ4v) is 2.48. The fraction of sp³-hybridized carbons (Fsp3) is 0.909. The number of nitrogens with zero attached hydrogens (tertiary/aromatic N) is 1. The summed E-state index contributed by atoms with van der Waals surface area (Å²) >= 11 is 0. The second-order valence-corrected chi connectivity index (χ2v) is 5.16. The number of rotatable bonds is 1. The van der Waals surface area contributed by atoms with Crippen molar-refractivity contribution in [2.75, 3.05) is 13.1 Å². The quantitative estimate of drug-likeness (QED) is 0.675. The highest BCUT2D eigenvalue weighted by molar-refractivity contribution is 5.81. The number of likely N-dealkylation sites (tertiary alicyclic amines) is 1. The fourth-order valence-electron chi connectivity index (χ4n) is 2.48. The van der Waals surface area contributed by atoms with Gasteiger partial charge in [-0.05, 0) is 24.7 Å². The van der Waals surface area contributed by atoms with E-state index in [0.717, 1.165) is 25.9 Å². The second-order valence-electron chi connectivity index (χ2n) is 5.16. The predicted octanol–water partition coefficient (Wildman–Crippen LogP) is 0.838. The van der Waals surface area contributed by atoms with E-state index in [1.54, 1.807) is 0 Å². The third kappa shape index (κ3) is 1.92. The highest BCUT2D eigenvalue weighted by Crippen LogP contribution is 2.39. The summed E-state index contributed by atoms with van der Waals surface area (Å²) < 4.78 is 0. The predicted molar refractivity (Wildman–Crippen MR) is 55.6 cm³/mol. The third-order valence-corrected chi connectivity index (χ3v) is 3.43. The summed E-state index contributed by atoms with van der Waals surface area (Å²) in [6.07, 6.45) is 2.14. The van der Waals surface area contributed by atoms with Gasteiger partial charge in [-0.25, -0.2) is 0 Å². The summed E-state index contributed by atoms with van der Waals surface area (Å²) in [5.41, 5.74) is 5.91. The van der Waals surface area contributed by atoms with Crippen molar-refractivity contribution < 1.29 is 4.79 Å². The maximum absolute atomic E-state index is 11.9. The molecule has 2 aliphatic rings. The van der Waals surface area contributed by atoms with Crippen molar-refractivity contribution in [2.24, 2.45) is 23.5 Å². The maximum atomic E-state index is 11.9. The van der Waals surface area contributed by atoms with Gasteiger partial charge in [0.15, 0.2) is 0 Å². The molecule has 1 amide bonds. The Labute approximate surface area is 85.6 Å². The van der Waals surface area contributed by atoms with E-state index in [1.807, 2.05) is 4.90 Å². The molecule has 0 aromatic carbocycles. The number of nitrogens with two attached hydrogens (primary N) is 1. The first kappa shape index (κ1) is 9.97. The zero-order chi connectivity index (χ0) is 10.3. The van der Waals surface area contributed by atoms with Gasteiger partial charge >= 0.3 is 0 Å². The highest BCUT2D eigenvalue weighted by atomic mass is 16.2. The Morgan fingerprint density at radius 1 is 1.29 bits per heavy atom. The number of hydrogen-bond acceptors (Lipinski definition) is 2. The van der Waals surface area contributed by atoms with Gasteiger partial charge in [0, 0.05) is 25.0 Å². The summed E-state index contributed by atoms with van der Waals surface area (Å²) in [6.45, 7) is 6.01. The lowest BCUT2D eigenvalue weighted by molar-refractivity contribution is -0.134. The number of carbonyl (C=O) groups excluding carboxylic acids is 1. The van der Waals surface area contributed by atoms with Crippen LogP contribution in [0, 0.1) is 17.8 Å². The molecule has 14 heavy (non-hydrogen) atoms. The van der Waals surface area contributed by atoms with Gasteiger partial charge in [-0.1, -0.05) is 13.8 Å². The average molecular weight is 196 g/mol. The van der Waals surface area contributed by atoms with Crippen LogP contribution >= 0.6 is 0 Å². The van der Waals surface area contributed by atoms with Gasteiger partial charge in [-0.3, -0.25) is 4.79 Å². The smallest absolute Gasteiger partial charge is 0.226 e. The van der Waals surface area contributed by atoms with Crippen LogP contribution in [0.2, 0.25) is 0 Å². The summed E-state index contributed by atoms with van der Waals surface area (Å²) in [6, 6.07) is 0.191. The van der Waals surface area contributed by atoms with E-state index in [4.69, 9.17) is 5.73 Å². The Bertz CT molecular complexity index is 231. The van der Waals surface area contributed by atoms with E-state index in [0.29, 0.717) is 23.7 Å². The molecule has 0 spiro atoms. The van der Waals surface area contributed by atoms with Crippen LogP contribution < -0.4 is 5.73 Å². The Balaban J connectivity index is 1.93. The molecule has 2 N–H and O–H groups in total. The van der Waals surface area contributed by atoms with Crippen molar-refractivity contribution in [3.05, 3.63) is 0 Å². The lowest BCUT2D eigenvalue weighted by atomic mass is 9.96. The largest absolute Gasteiger partial charge is 0.341 e. The van der Waals surface area contributed by atoms with Crippen molar-refractivity contribution in [1.82, 2.24) is 4.90 Å². The molecule has 4 unspecified atom stereocenters. The molecule has 0 aromatic heterocycles. The Morgan fingerprint density at radius 3 is 2.43 bits per heavy atom. The SMILES string of the molecule is CC1CC(N)CN(C(=O)C2CC2C)C1. The zero-order valence-corrected chi connectivity index (χ0v) is 9.07. The van der Waals surface area contributed by atoms with Crippen LogP contribution in [-0.2, 0) is 4.79 Å². The molecule has 0 radical (unpaired) electrons. The summed E-state index contributed by atoms with van der Waals surface area (Å²) in [5, 5.41) is 0. The number of hydrogen-bond donors (Lipinski definition) is 1. The zero-order valence-electron chi connectivity index (χ0n) is 9.07. The Morgan fingerprint density at radius 2 is 1.93 bits per heavy atom. The maximum Gasteiger partial charge on any atom is 0.226 e. The second kappa shape index (κ2) is 3.54. The van der Waals surface area contributed by atoms with Crippen molar-refractivity contribution in [2.45, 2.75) is 32.7 Å². The number of piperidine rings is 1. The first-order valence-corrected chi connectivity index (χ1v) is 5.62. The van der Waals surface area contributed by atoms with E-state index < -0.39 is 0 Å². The van der Waals surface area contributed by atoms with Gasteiger partial charge in [0.1, 0.15) is 0 Å². The number of carbonyl (C=O) groups is 1. The first-order chi connectivity index (χ1) is 6.58. The molecule has 1 saturated carbocycles. The van der Waals surface area contributed by atoms with Crippen molar-refractivity contribution in [3.8, 4) is 0 Å². The summed E-state index contributed by atoms with van der Waals surface area (Å²) in [5.74, 6) is 1.83. The van der Waals surface area contributed by atoms with Gasteiger partial charge in [-0.2, -0.15) is 0 Å². The molecule has 1 aliphatic heterocycles. The van der Waals surface area contributed by atoms with Crippen LogP contribution in [0.25, 0.3) is 0 Å². The van der Waals surface area contributed by atoms with E-state index in [1.165, 1.54) is 0 Å². The average Bonchev–Trinajstić information content (AvgIpc) is 2.79. The normalized spacial score (nSPS) is 42.4. The standard InChI is InChI=1S/C11H20N2O/c1-7-3-9(12)6-13(5-7)11(14)10-4-8(10)2/h7-10H,3-6,12H2,1-2H3. The molecule has 1 aliphatic carbocycles. The van der Waals surface area contributed by atoms with Crippen LogP contribution in [0.1, 0.15) is 26.7 Å². The minimum absolute atomic E-state index is 0.191. The molecule has 1 heterocycles. The minimum Gasteiger partial charge on any atom is -0.341 e.